The number of esters is 1. The molecule has 9 heteroatoms. The molecule has 1 aromatic carbocycles. The molecule has 0 atom stereocenters. The fraction of sp³-hybridized carbons (Fsp3) is 0.500. The topological polar surface area (TPSA) is 93.2 Å². The highest BCUT2D eigenvalue weighted by Crippen LogP contribution is 2.20. The Hall–Kier alpha value is -2.13. The zero-order chi connectivity index (χ0) is 18.4. The molecule has 1 aliphatic heterocycles. The van der Waals surface area contributed by atoms with Crippen LogP contribution in [0, 0.1) is 0 Å². The lowest BCUT2D eigenvalue weighted by molar-refractivity contribution is -0.135. The van der Waals surface area contributed by atoms with Crippen molar-refractivity contribution in [3.63, 3.8) is 0 Å². The van der Waals surface area contributed by atoms with Gasteiger partial charge >= 0.3 is 5.97 Å². The van der Waals surface area contributed by atoms with Crippen molar-refractivity contribution in [3.8, 4) is 0 Å². The highest BCUT2D eigenvalue weighted by molar-refractivity contribution is 7.92. The normalized spacial score (nSPS) is 14.9. The Balaban J connectivity index is 2.14. The predicted octanol–water partition coefficient (Wildman–Crippen LogP) is 0.488. The van der Waals surface area contributed by atoms with E-state index in [1.807, 2.05) is 0 Å². The molecule has 1 aromatic rings. The summed E-state index contributed by atoms with van der Waals surface area (Å²) in [5.74, 6) is -0.680. The number of anilines is 1. The second-order valence-corrected chi connectivity index (χ2v) is 7.53. The Labute approximate surface area is 147 Å². The molecule has 1 aliphatic rings. The lowest BCUT2D eigenvalue weighted by Gasteiger charge is -2.28. The third kappa shape index (κ3) is 5.17. The molecule has 138 valence electrons. The molecule has 0 spiro atoms. The number of sulfonamides is 1. The van der Waals surface area contributed by atoms with Crippen molar-refractivity contribution < 1.29 is 27.5 Å². The lowest BCUT2D eigenvalue weighted by atomic mass is 10.2. The standard InChI is InChI=1S/C16H22N2O6S/c1-23-16(20)13-4-3-5-14(12-13)18(25(2,21)22)7-6-15(19)17-8-10-24-11-9-17/h3-5,12H,6-11H2,1-2H3. The van der Waals surface area contributed by atoms with Crippen LogP contribution in [-0.4, -0.2) is 71.4 Å². The van der Waals surface area contributed by atoms with Gasteiger partial charge < -0.3 is 14.4 Å². The number of ether oxygens (including phenoxy) is 2. The minimum Gasteiger partial charge on any atom is -0.465 e. The van der Waals surface area contributed by atoms with Crippen LogP contribution in [0.2, 0.25) is 0 Å². The summed E-state index contributed by atoms with van der Waals surface area (Å²) in [6.45, 7) is 2.00. The van der Waals surface area contributed by atoms with Crippen LogP contribution in [0.5, 0.6) is 0 Å². The van der Waals surface area contributed by atoms with E-state index in [0.29, 0.717) is 32.0 Å². The van der Waals surface area contributed by atoms with Crippen LogP contribution >= 0.6 is 0 Å². The Morgan fingerprint density at radius 1 is 1.28 bits per heavy atom. The fourth-order valence-corrected chi connectivity index (χ4v) is 3.48. The number of nitrogens with zero attached hydrogens (tertiary/aromatic N) is 2. The van der Waals surface area contributed by atoms with E-state index >= 15 is 0 Å². The van der Waals surface area contributed by atoms with Crippen molar-refractivity contribution in [2.75, 3.05) is 50.5 Å². The number of carbonyl (C=O) groups excluding carboxylic acids is 2. The van der Waals surface area contributed by atoms with Crippen molar-refractivity contribution >= 4 is 27.6 Å². The molecule has 0 aliphatic carbocycles. The monoisotopic (exact) mass is 370 g/mol. The molecule has 1 saturated heterocycles. The molecule has 0 radical (unpaired) electrons. The van der Waals surface area contributed by atoms with Crippen LogP contribution in [-0.2, 0) is 24.3 Å². The van der Waals surface area contributed by atoms with Gasteiger partial charge in [0.25, 0.3) is 0 Å². The van der Waals surface area contributed by atoms with E-state index in [1.54, 1.807) is 17.0 Å². The Morgan fingerprint density at radius 2 is 1.96 bits per heavy atom. The zero-order valence-electron chi connectivity index (χ0n) is 14.3. The van der Waals surface area contributed by atoms with E-state index in [4.69, 9.17) is 4.74 Å². The quantitative estimate of drug-likeness (QED) is 0.677. The highest BCUT2D eigenvalue weighted by Gasteiger charge is 2.22. The van der Waals surface area contributed by atoms with Gasteiger partial charge in [-0.25, -0.2) is 13.2 Å². The van der Waals surface area contributed by atoms with E-state index in [1.165, 1.54) is 19.2 Å². The van der Waals surface area contributed by atoms with Crippen molar-refractivity contribution in [2.24, 2.45) is 0 Å². The van der Waals surface area contributed by atoms with Crippen molar-refractivity contribution in [1.82, 2.24) is 4.90 Å². The first-order valence-corrected chi connectivity index (χ1v) is 9.69. The molecule has 0 N–H and O–H groups in total. The predicted molar refractivity (Wildman–Crippen MR) is 92.0 cm³/mol. The van der Waals surface area contributed by atoms with E-state index in [-0.39, 0.29) is 24.4 Å². The Morgan fingerprint density at radius 3 is 2.56 bits per heavy atom. The molecule has 8 nitrogen and oxygen atoms in total. The van der Waals surface area contributed by atoms with Crippen LogP contribution in [0.4, 0.5) is 5.69 Å². The van der Waals surface area contributed by atoms with Crippen molar-refractivity contribution in [2.45, 2.75) is 6.42 Å². The third-order valence-corrected chi connectivity index (χ3v) is 5.04. The number of hydrogen-bond donors (Lipinski definition) is 0. The molecule has 1 heterocycles. The van der Waals surface area contributed by atoms with E-state index in [2.05, 4.69) is 4.74 Å². The number of morpholine rings is 1. The van der Waals surface area contributed by atoms with Crippen LogP contribution in [0.15, 0.2) is 24.3 Å². The summed E-state index contributed by atoms with van der Waals surface area (Å²) in [4.78, 5) is 25.6. The SMILES string of the molecule is COC(=O)c1cccc(N(CCC(=O)N2CCOCC2)S(C)(=O)=O)c1. The molecule has 0 aromatic heterocycles. The summed E-state index contributed by atoms with van der Waals surface area (Å²) in [6.07, 6.45) is 1.12. The van der Waals surface area contributed by atoms with Crippen LogP contribution in [0.3, 0.4) is 0 Å². The summed E-state index contributed by atoms with van der Waals surface area (Å²) in [6, 6.07) is 6.12. The molecule has 0 unspecified atom stereocenters. The minimum atomic E-state index is -3.61. The first-order chi connectivity index (χ1) is 11.8. The first kappa shape index (κ1) is 19.2. The van der Waals surface area contributed by atoms with Crippen LogP contribution < -0.4 is 4.31 Å². The van der Waals surface area contributed by atoms with Crippen molar-refractivity contribution in [1.29, 1.82) is 0 Å². The van der Waals surface area contributed by atoms with Gasteiger partial charge in [0.15, 0.2) is 0 Å². The Kier molecular flexibility index (Phi) is 6.38. The van der Waals surface area contributed by atoms with Gasteiger partial charge in [-0.2, -0.15) is 0 Å². The maximum atomic E-state index is 12.3. The van der Waals surface area contributed by atoms with Gasteiger partial charge in [0.1, 0.15) is 0 Å². The summed E-state index contributed by atoms with van der Waals surface area (Å²) in [7, 11) is -2.35. The van der Waals surface area contributed by atoms with Crippen LogP contribution in [0.25, 0.3) is 0 Å². The average molecular weight is 370 g/mol. The molecular formula is C16H22N2O6S. The maximum absolute atomic E-state index is 12.3. The van der Waals surface area contributed by atoms with E-state index < -0.39 is 16.0 Å². The maximum Gasteiger partial charge on any atom is 0.337 e. The van der Waals surface area contributed by atoms with Gasteiger partial charge in [0, 0.05) is 26.1 Å². The number of hydrogen-bond acceptors (Lipinski definition) is 6. The summed E-state index contributed by atoms with van der Waals surface area (Å²) in [5, 5.41) is 0. The third-order valence-electron chi connectivity index (χ3n) is 3.85. The largest absolute Gasteiger partial charge is 0.465 e. The number of amides is 1. The molecule has 1 fully saturated rings. The fourth-order valence-electron chi connectivity index (χ4n) is 2.56. The van der Waals surface area contributed by atoms with Gasteiger partial charge in [0.05, 0.1) is 37.8 Å². The second kappa shape index (κ2) is 8.30. The average Bonchev–Trinajstić information content (AvgIpc) is 2.61. The molecule has 25 heavy (non-hydrogen) atoms. The van der Waals surface area contributed by atoms with E-state index in [9.17, 15) is 18.0 Å². The summed E-state index contributed by atoms with van der Waals surface area (Å²) in [5.41, 5.74) is 0.563. The van der Waals surface area contributed by atoms with Crippen molar-refractivity contribution in [3.05, 3.63) is 29.8 Å². The number of benzene rings is 1. The number of methoxy groups -OCH3 is 1. The van der Waals surface area contributed by atoms with Crippen LogP contribution in [0.1, 0.15) is 16.8 Å². The highest BCUT2D eigenvalue weighted by atomic mass is 32.2. The first-order valence-electron chi connectivity index (χ1n) is 7.84. The second-order valence-electron chi connectivity index (χ2n) is 5.62. The Bertz CT molecular complexity index is 728. The van der Waals surface area contributed by atoms with Gasteiger partial charge in [-0.1, -0.05) is 6.07 Å². The van der Waals surface area contributed by atoms with Gasteiger partial charge in [-0.3, -0.25) is 9.10 Å². The number of rotatable bonds is 6. The smallest absolute Gasteiger partial charge is 0.337 e. The summed E-state index contributed by atoms with van der Waals surface area (Å²) >= 11 is 0. The summed E-state index contributed by atoms with van der Waals surface area (Å²) < 4.78 is 35.3. The molecule has 2 rings (SSSR count). The molecular weight excluding hydrogens is 348 g/mol. The molecule has 0 saturated carbocycles. The van der Waals surface area contributed by atoms with Gasteiger partial charge in [0.2, 0.25) is 15.9 Å². The molecule has 0 bridgehead atoms. The molecule has 1 amide bonds. The van der Waals surface area contributed by atoms with Gasteiger partial charge in [-0.15, -0.1) is 0 Å². The van der Waals surface area contributed by atoms with Gasteiger partial charge in [-0.05, 0) is 18.2 Å². The minimum absolute atomic E-state index is 0.000347. The zero-order valence-corrected chi connectivity index (χ0v) is 15.1. The van der Waals surface area contributed by atoms with E-state index in [0.717, 1.165) is 10.6 Å². The number of carbonyl (C=O) groups is 2. The lowest BCUT2D eigenvalue weighted by Crippen LogP contribution is -2.42.